The first-order chi connectivity index (χ1) is 18.1. The predicted octanol–water partition coefficient (Wildman–Crippen LogP) is 5.16. The van der Waals surface area contributed by atoms with Crippen LogP contribution >= 0.6 is 0 Å². The number of carbonyl (C=O) groups excluding carboxylic acids is 2. The van der Waals surface area contributed by atoms with Crippen molar-refractivity contribution < 1.29 is 9.59 Å². The number of rotatable bonds is 5. The standard InChI is InChI=1S/C31H38N4O2/c1-22-10-11-25-21-28(32-27(25)20-22)31(37)34-15-5-8-26(34)14-19-33-17-12-24(13-18-33)30(36)35-16-4-7-23-6-2-3-9-29(23)35/h2-3,6,9-11,20-21,24,26,32H,4-5,7-8,12-19H2,1H3/t26-/m0/s1. The second-order valence-corrected chi connectivity index (χ2v) is 11.2. The van der Waals surface area contributed by atoms with Gasteiger partial charge in [-0.2, -0.15) is 0 Å². The summed E-state index contributed by atoms with van der Waals surface area (Å²) in [5.41, 5.74) is 5.35. The van der Waals surface area contributed by atoms with Crippen LogP contribution in [0.5, 0.6) is 0 Å². The molecule has 0 unspecified atom stereocenters. The molecule has 3 aromatic rings. The molecule has 3 aliphatic rings. The minimum absolute atomic E-state index is 0.123. The number of para-hydroxylation sites is 1. The zero-order valence-corrected chi connectivity index (χ0v) is 21.9. The van der Waals surface area contributed by atoms with Gasteiger partial charge in [0.1, 0.15) is 5.69 Å². The molecule has 0 spiro atoms. The van der Waals surface area contributed by atoms with Gasteiger partial charge in [0.2, 0.25) is 5.91 Å². The Morgan fingerprint density at radius 2 is 1.78 bits per heavy atom. The number of aromatic amines is 1. The van der Waals surface area contributed by atoms with Crippen LogP contribution in [0.2, 0.25) is 0 Å². The number of H-pyrrole nitrogens is 1. The zero-order valence-electron chi connectivity index (χ0n) is 21.9. The maximum absolute atomic E-state index is 13.4. The van der Waals surface area contributed by atoms with E-state index < -0.39 is 0 Å². The van der Waals surface area contributed by atoms with E-state index in [1.54, 1.807) is 0 Å². The third-order valence-corrected chi connectivity index (χ3v) is 8.74. The third-order valence-electron chi connectivity index (χ3n) is 8.74. The molecule has 37 heavy (non-hydrogen) atoms. The smallest absolute Gasteiger partial charge is 0.270 e. The Morgan fingerprint density at radius 1 is 0.946 bits per heavy atom. The lowest BCUT2D eigenvalue weighted by atomic mass is 9.93. The number of amides is 2. The molecule has 1 N–H and O–H groups in total. The van der Waals surface area contributed by atoms with Crippen LogP contribution in [0.4, 0.5) is 5.69 Å². The molecule has 2 amide bonds. The Kier molecular flexibility index (Phi) is 6.76. The first kappa shape index (κ1) is 24.2. The van der Waals surface area contributed by atoms with Gasteiger partial charge in [0.25, 0.3) is 5.91 Å². The number of hydrogen-bond donors (Lipinski definition) is 1. The molecule has 0 radical (unpaired) electrons. The van der Waals surface area contributed by atoms with Crippen molar-refractivity contribution in [2.45, 2.75) is 57.9 Å². The lowest BCUT2D eigenvalue weighted by Crippen LogP contribution is -2.45. The van der Waals surface area contributed by atoms with Gasteiger partial charge >= 0.3 is 0 Å². The van der Waals surface area contributed by atoms with Crippen LogP contribution in [0, 0.1) is 12.8 Å². The van der Waals surface area contributed by atoms with E-state index in [-0.39, 0.29) is 11.8 Å². The predicted molar refractivity (Wildman–Crippen MR) is 148 cm³/mol. The van der Waals surface area contributed by atoms with Crippen molar-refractivity contribution in [3.05, 3.63) is 65.4 Å². The van der Waals surface area contributed by atoms with Crippen LogP contribution in [-0.2, 0) is 11.2 Å². The number of fused-ring (bicyclic) bond motifs is 2. The van der Waals surface area contributed by atoms with Crippen LogP contribution < -0.4 is 4.90 Å². The summed E-state index contributed by atoms with van der Waals surface area (Å²) in [5, 5.41) is 1.09. The highest BCUT2D eigenvalue weighted by Crippen LogP contribution is 2.31. The molecule has 6 rings (SSSR count). The van der Waals surface area contributed by atoms with Crippen molar-refractivity contribution >= 4 is 28.4 Å². The molecule has 6 nitrogen and oxygen atoms in total. The van der Waals surface area contributed by atoms with Crippen LogP contribution in [0.25, 0.3) is 10.9 Å². The number of nitrogens with one attached hydrogen (secondary N) is 1. The summed E-state index contributed by atoms with van der Waals surface area (Å²) >= 11 is 0. The minimum Gasteiger partial charge on any atom is -0.351 e. The van der Waals surface area contributed by atoms with Crippen LogP contribution in [0.3, 0.4) is 0 Å². The third kappa shape index (κ3) is 4.91. The lowest BCUT2D eigenvalue weighted by Gasteiger charge is -2.37. The van der Waals surface area contributed by atoms with E-state index in [1.165, 1.54) is 11.1 Å². The van der Waals surface area contributed by atoms with Crippen LogP contribution in [-0.4, -0.2) is 65.4 Å². The molecular weight excluding hydrogens is 460 g/mol. The number of benzene rings is 2. The van der Waals surface area contributed by atoms with Gasteiger partial charge in [-0.1, -0.05) is 30.3 Å². The molecule has 3 aliphatic heterocycles. The van der Waals surface area contributed by atoms with Crippen molar-refractivity contribution in [2.24, 2.45) is 5.92 Å². The Morgan fingerprint density at radius 3 is 2.65 bits per heavy atom. The molecule has 0 saturated carbocycles. The number of likely N-dealkylation sites (tertiary alicyclic amines) is 2. The molecule has 4 heterocycles. The summed E-state index contributed by atoms with van der Waals surface area (Å²) in [6.45, 7) is 6.68. The average molecular weight is 499 g/mol. The molecule has 1 aromatic heterocycles. The average Bonchev–Trinajstić information content (AvgIpc) is 3.58. The zero-order chi connectivity index (χ0) is 25.4. The molecule has 2 aromatic carbocycles. The number of carbonyl (C=O) groups is 2. The highest BCUT2D eigenvalue weighted by atomic mass is 16.2. The lowest BCUT2D eigenvalue weighted by molar-refractivity contribution is -0.123. The second-order valence-electron chi connectivity index (χ2n) is 11.2. The van der Waals surface area contributed by atoms with Crippen molar-refractivity contribution in [3.63, 3.8) is 0 Å². The maximum Gasteiger partial charge on any atom is 0.270 e. The number of anilines is 1. The van der Waals surface area contributed by atoms with Gasteiger partial charge in [0, 0.05) is 48.2 Å². The highest BCUT2D eigenvalue weighted by Gasteiger charge is 2.33. The van der Waals surface area contributed by atoms with E-state index in [1.807, 2.05) is 17.0 Å². The van der Waals surface area contributed by atoms with E-state index in [9.17, 15) is 9.59 Å². The largest absolute Gasteiger partial charge is 0.351 e. The van der Waals surface area contributed by atoms with Crippen molar-refractivity contribution in [1.82, 2.24) is 14.8 Å². The molecule has 0 bridgehead atoms. The van der Waals surface area contributed by atoms with E-state index in [2.05, 4.69) is 58.1 Å². The molecule has 194 valence electrons. The Balaban J connectivity index is 1.02. The van der Waals surface area contributed by atoms with Crippen LogP contribution in [0.15, 0.2) is 48.5 Å². The summed E-state index contributed by atoms with van der Waals surface area (Å²) in [7, 11) is 0. The fraction of sp³-hybridized carbons (Fsp3) is 0.484. The molecule has 2 fully saturated rings. The van der Waals surface area contributed by atoms with Gasteiger partial charge in [-0.15, -0.1) is 0 Å². The van der Waals surface area contributed by atoms with Crippen molar-refractivity contribution in [1.29, 1.82) is 0 Å². The number of nitrogens with zero attached hydrogens (tertiary/aromatic N) is 3. The molecule has 0 aliphatic carbocycles. The van der Waals surface area contributed by atoms with Gasteiger partial charge in [-0.3, -0.25) is 9.59 Å². The fourth-order valence-corrected chi connectivity index (χ4v) is 6.63. The first-order valence-electron chi connectivity index (χ1n) is 14.1. The van der Waals surface area contributed by atoms with E-state index >= 15 is 0 Å². The van der Waals surface area contributed by atoms with Crippen molar-refractivity contribution in [3.8, 4) is 0 Å². The highest BCUT2D eigenvalue weighted by molar-refractivity contribution is 5.98. The number of aryl methyl sites for hydroxylation is 2. The Hall–Kier alpha value is -3.12. The first-order valence-corrected chi connectivity index (χ1v) is 14.1. The molecule has 1 atom stereocenters. The van der Waals surface area contributed by atoms with E-state index in [0.29, 0.717) is 17.6 Å². The number of piperidine rings is 1. The molecule has 2 saturated heterocycles. The normalized spacial score (nSPS) is 20.9. The Bertz CT molecular complexity index is 1290. The summed E-state index contributed by atoms with van der Waals surface area (Å²) in [5.74, 6) is 0.563. The van der Waals surface area contributed by atoms with Gasteiger partial charge in [-0.25, -0.2) is 0 Å². The van der Waals surface area contributed by atoms with E-state index in [0.717, 1.165) is 94.3 Å². The summed E-state index contributed by atoms with van der Waals surface area (Å²) in [6.07, 6.45) is 7.13. The summed E-state index contributed by atoms with van der Waals surface area (Å²) in [6, 6.07) is 16.9. The fourth-order valence-electron chi connectivity index (χ4n) is 6.63. The number of aromatic nitrogens is 1. The Labute approximate surface area is 219 Å². The number of hydrogen-bond acceptors (Lipinski definition) is 3. The van der Waals surface area contributed by atoms with Crippen molar-refractivity contribution in [2.75, 3.05) is 37.6 Å². The maximum atomic E-state index is 13.4. The monoisotopic (exact) mass is 498 g/mol. The van der Waals surface area contributed by atoms with E-state index in [4.69, 9.17) is 0 Å². The summed E-state index contributed by atoms with van der Waals surface area (Å²) < 4.78 is 0. The van der Waals surface area contributed by atoms with Gasteiger partial charge in [0.05, 0.1) is 0 Å². The van der Waals surface area contributed by atoms with Gasteiger partial charge < -0.3 is 19.7 Å². The summed E-state index contributed by atoms with van der Waals surface area (Å²) in [4.78, 5) is 36.7. The van der Waals surface area contributed by atoms with Crippen LogP contribution in [0.1, 0.15) is 60.1 Å². The molecule has 6 heteroatoms. The van der Waals surface area contributed by atoms with Gasteiger partial charge in [-0.05, 0) is 94.3 Å². The molecular formula is C31H38N4O2. The minimum atomic E-state index is 0.123. The SMILES string of the molecule is Cc1ccc2cc(C(=O)N3CCC[C@H]3CCN3CCC(C(=O)N4CCCc5ccccc54)CC3)[nH]c2c1. The topological polar surface area (TPSA) is 59.7 Å². The quantitative estimate of drug-likeness (QED) is 0.529. The van der Waals surface area contributed by atoms with Gasteiger partial charge in [0.15, 0.2) is 0 Å². The second kappa shape index (κ2) is 10.3.